The van der Waals surface area contributed by atoms with Crippen molar-refractivity contribution >= 4 is 23.2 Å². The molecule has 4 fully saturated rings. The highest BCUT2D eigenvalue weighted by molar-refractivity contribution is 6.30. The number of halogens is 2. The van der Waals surface area contributed by atoms with Gasteiger partial charge in [-0.1, -0.05) is 36.7 Å². The predicted octanol–water partition coefficient (Wildman–Crippen LogP) is 6.00. The lowest BCUT2D eigenvalue weighted by Crippen LogP contribution is -2.41. The summed E-state index contributed by atoms with van der Waals surface area (Å²) in [6, 6.07) is 10.6. The Morgan fingerprint density at radius 2 is 1.45 bits per heavy atom. The summed E-state index contributed by atoms with van der Waals surface area (Å²) in [4.78, 5) is 26.9. The van der Waals surface area contributed by atoms with Gasteiger partial charge in [-0.2, -0.15) is 0 Å². The van der Waals surface area contributed by atoms with Crippen molar-refractivity contribution in [2.75, 3.05) is 0 Å². The highest BCUT2D eigenvalue weighted by Crippen LogP contribution is 2.56. The van der Waals surface area contributed by atoms with E-state index >= 15 is 0 Å². The molecule has 0 aliphatic heterocycles. The minimum Gasteiger partial charge on any atom is -0.298 e. The van der Waals surface area contributed by atoms with Crippen molar-refractivity contribution in [3.05, 3.63) is 58.4 Å². The van der Waals surface area contributed by atoms with E-state index in [1.165, 1.54) is 12.1 Å². The van der Waals surface area contributed by atoms with Crippen LogP contribution in [0.1, 0.15) is 49.7 Å². The zero-order chi connectivity index (χ0) is 20.3. The van der Waals surface area contributed by atoms with Crippen molar-refractivity contribution in [3.63, 3.8) is 0 Å². The average molecular weight is 411 g/mol. The number of rotatable bonds is 3. The molecule has 0 heterocycles. The van der Waals surface area contributed by atoms with Gasteiger partial charge in [-0.05, 0) is 84.4 Å². The van der Waals surface area contributed by atoms with Crippen molar-refractivity contribution in [1.29, 1.82) is 0 Å². The van der Waals surface area contributed by atoms with E-state index in [-0.39, 0.29) is 28.4 Å². The van der Waals surface area contributed by atoms with E-state index in [1.807, 2.05) is 25.1 Å². The summed E-state index contributed by atoms with van der Waals surface area (Å²) in [6.45, 7) is 2.04. The Morgan fingerprint density at radius 3 is 2.00 bits per heavy atom. The zero-order valence-corrected chi connectivity index (χ0v) is 17.2. The Balaban J connectivity index is 1.59. The lowest BCUT2D eigenvalue weighted by molar-refractivity contribution is -0.129. The molecule has 3 atom stereocenters. The number of fused-ring (bicyclic) bond motifs is 2. The Kier molecular flexibility index (Phi) is 4.62. The van der Waals surface area contributed by atoms with E-state index in [0.717, 1.165) is 48.8 Å². The number of hydrogen-bond donors (Lipinski definition) is 0. The van der Waals surface area contributed by atoms with Crippen LogP contribution in [-0.4, -0.2) is 11.6 Å². The largest absolute Gasteiger partial charge is 0.298 e. The summed E-state index contributed by atoms with van der Waals surface area (Å²) in [5, 5.41) is 0.0832. The van der Waals surface area contributed by atoms with Crippen molar-refractivity contribution in [2.45, 2.75) is 44.9 Å². The van der Waals surface area contributed by atoms with Gasteiger partial charge in [0.05, 0.1) is 5.02 Å². The molecule has 2 aromatic carbocycles. The maximum Gasteiger partial charge on any atom is 0.151 e. The van der Waals surface area contributed by atoms with E-state index in [2.05, 4.69) is 0 Å². The lowest BCUT2D eigenvalue weighted by Gasteiger charge is -2.43. The molecule has 2 aromatic rings. The van der Waals surface area contributed by atoms with Crippen LogP contribution < -0.4 is 0 Å². The second kappa shape index (κ2) is 7.05. The van der Waals surface area contributed by atoms with Gasteiger partial charge in [-0.3, -0.25) is 9.59 Å². The van der Waals surface area contributed by atoms with Gasteiger partial charge in [0.2, 0.25) is 0 Å². The summed E-state index contributed by atoms with van der Waals surface area (Å²) < 4.78 is 14.0. The third-order valence-electron chi connectivity index (χ3n) is 7.54. The van der Waals surface area contributed by atoms with E-state index in [0.29, 0.717) is 17.4 Å². The number of benzene rings is 2. The molecule has 4 heteroatoms. The van der Waals surface area contributed by atoms with E-state index in [9.17, 15) is 14.0 Å². The average Bonchev–Trinajstić information content (AvgIpc) is 3.03. The third-order valence-corrected chi connectivity index (χ3v) is 7.84. The van der Waals surface area contributed by atoms with Crippen LogP contribution in [0.3, 0.4) is 0 Å². The zero-order valence-electron chi connectivity index (χ0n) is 16.5. The van der Waals surface area contributed by atoms with Gasteiger partial charge in [-0.25, -0.2) is 4.39 Å². The molecule has 150 valence electrons. The van der Waals surface area contributed by atoms with Crippen LogP contribution in [0.5, 0.6) is 0 Å². The van der Waals surface area contributed by atoms with Crippen molar-refractivity contribution < 1.29 is 14.0 Å². The summed E-state index contributed by atoms with van der Waals surface area (Å²) in [5.74, 6) is -0.274. The van der Waals surface area contributed by atoms with Crippen molar-refractivity contribution in [3.8, 4) is 11.1 Å². The molecule has 0 N–H and O–H groups in total. The fourth-order valence-corrected chi connectivity index (χ4v) is 6.26. The van der Waals surface area contributed by atoms with Gasteiger partial charge in [0.25, 0.3) is 0 Å². The summed E-state index contributed by atoms with van der Waals surface area (Å²) in [6.07, 6.45) is 5.10. The number of aryl methyl sites for hydroxylation is 1. The fraction of sp³-hybridized carbons (Fsp3) is 0.440. The molecule has 0 saturated heterocycles. The summed E-state index contributed by atoms with van der Waals surface area (Å²) in [7, 11) is 0. The Bertz CT molecular complexity index is 976. The predicted molar refractivity (Wildman–Crippen MR) is 111 cm³/mol. The standard InChI is InChI=1S/C25H24ClFO2/c1-2-13-3-8-16(17-9-10-19(26)20(27)12-17)11-18(13)23-24(28)21-14-4-5-15(7-6-14)22(21)25(23)29/h3,8-12,14-15,21-23H,2,4-7H2,1H3/t14?,15?,21-,22+,23?. The minimum atomic E-state index is -0.654. The molecular formula is C25H24ClFO2. The van der Waals surface area contributed by atoms with Crippen LogP contribution in [-0.2, 0) is 16.0 Å². The SMILES string of the molecule is CCc1ccc(-c2ccc(Cl)c(F)c2)cc1C1C(=O)[C@@H]2C3CCC(CC3)[C@@H]2C1=O. The first-order chi connectivity index (χ1) is 14.0. The smallest absolute Gasteiger partial charge is 0.151 e. The second-order valence-corrected chi connectivity index (χ2v) is 9.27. The quantitative estimate of drug-likeness (QED) is 0.582. The van der Waals surface area contributed by atoms with Crippen molar-refractivity contribution in [1.82, 2.24) is 0 Å². The van der Waals surface area contributed by atoms with E-state index in [1.54, 1.807) is 6.07 Å². The van der Waals surface area contributed by atoms with Crippen LogP contribution in [0.4, 0.5) is 4.39 Å². The Morgan fingerprint density at radius 1 is 0.897 bits per heavy atom. The number of hydrogen-bond acceptors (Lipinski definition) is 2. The fourth-order valence-electron chi connectivity index (χ4n) is 6.14. The first-order valence-corrected chi connectivity index (χ1v) is 11.0. The molecule has 2 bridgehead atoms. The molecule has 2 nitrogen and oxygen atoms in total. The molecule has 1 unspecified atom stereocenters. The second-order valence-electron chi connectivity index (χ2n) is 8.86. The molecule has 29 heavy (non-hydrogen) atoms. The number of carbonyl (C=O) groups excluding carboxylic acids is 2. The Hall–Kier alpha value is -2.00. The van der Waals surface area contributed by atoms with Gasteiger partial charge >= 0.3 is 0 Å². The minimum absolute atomic E-state index is 0.0821. The highest BCUT2D eigenvalue weighted by atomic mass is 35.5. The topological polar surface area (TPSA) is 34.1 Å². The molecule has 0 radical (unpaired) electrons. The maximum atomic E-state index is 14.0. The van der Waals surface area contributed by atoms with E-state index in [4.69, 9.17) is 11.6 Å². The van der Waals surface area contributed by atoms with Crippen LogP contribution in [0.15, 0.2) is 36.4 Å². The van der Waals surface area contributed by atoms with Gasteiger partial charge in [0, 0.05) is 11.8 Å². The highest BCUT2D eigenvalue weighted by Gasteiger charge is 2.59. The first kappa shape index (κ1) is 19.0. The molecule has 4 aliphatic carbocycles. The normalized spacial score (nSPS) is 30.7. The van der Waals surface area contributed by atoms with Crippen LogP contribution in [0.25, 0.3) is 11.1 Å². The first-order valence-electron chi connectivity index (χ1n) is 10.6. The van der Waals surface area contributed by atoms with Gasteiger partial charge in [0.15, 0.2) is 11.6 Å². The molecular weight excluding hydrogens is 387 g/mol. The van der Waals surface area contributed by atoms with Gasteiger partial charge in [-0.15, -0.1) is 0 Å². The summed E-state index contributed by atoms with van der Waals surface area (Å²) in [5.41, 5.74) is 3.36. The number of ketones is 2. The number of Topliss-reactive ketones (excluding diaryl/α,β-unsaturated/α-hetero) is 2. The molecule has 0 amide bonds. The van der Waals surface area contributed by atoms with Gasteiger partial charge in [0.1, 0.15) is 11.7 Å². The monoisotopic (exact) mass is 410 g/mol. The molecule has 0 spiro atoms. The molecule has 4 saturated carbocycles. The van der Waals surface area contributed by atoms with Gasteiger partial charge < -0.3 is 0 Å². The van der Waals surface area contributed by atoms with Crippen molar-refractivity contribution in [2.24, 2.45) is 23.7 Å². The van der Waals surface area contributed by atoms with Crippen LogP contribution in [0.2, 0.25) is 5.02 Å². The van der Waals surface area contributed by atoms with Crippen LogP contribution in [0, 0.1) is 29.5 Å². The maximum absolute atomic E-state index is 14.0. The Labute approximate surface area is 175 Å². The molecule has 0 aromatic heterocycles. The lowest BCUT2D eigenvalue weighted by atomic mass is 9.59. The van der Waals surface area contributed by atoms with E-state index < -0.39 is 11.7 Å². The molecule has 4 aliphatic rings. The summed E-state index contributed by atoms with van der Waals surface area (Å²) >= 11 is 5.83. The number of carbonyl (C=O) groups is 2. The third kappa shape index (κ3) is 2.89. The van der Waals surface area contributed by atoms with Crippen LogP contribution >= 0.6 is 11.6 Å². The molecule has 6 rings (SSSR count).